The van der Waals surface area contributed by atoms with E-state index in [0.717, 1.165) is 43.4 Å². The number of nitrogens with zero attached hydrogens (tertiary/aromatic N) is 5. The van der Waals surface area contributed by atoms with Crippen LogP contribution in [-0.4, -0.2) is 41.1 Å². The van der Waals surface area contributed by atoms with E-state index in [1.54, 1.807) is 31.0 Å². The third kappa shape index (κ3) is 2.42. The zero-order chi connectivity index (χ0) is 13.1. The number of hydrogen-bond acceptors (Lipinski definition) is 6. The number of nitrogen functional groups attached to an aromatic ring is 1. The summed E-state index contributed by atoms with van der Waals surface area (Å²) >= 11 is 0. The maximum absolute atomic E-state index is 5.96. The molecule has 0 amide bonds. The highest BCUT2D eigenvalue weighted by Gasteiger charge is 2.19. The molecule has 1 fully saturated rings. The van der Waals surface area contributed by atoms with E-state index in [1.807, 2.05) is 6.07 Å². The Bertz CT molecular complexity index is 536. The number of rotatable bonds is 2. The van der Waals surface area contributed by atoms with Gasteiger partial charge in [0.05, 0.1) is 23.8 Å². The Morgan fingerprint density at radius 2 is 1.63 bits per heavy atom. The second-order valence-electron chi connectivity index (χ2n) is 4.47. The smallest absolute Gasteiger partial charge is 0.147 e. The summed E-state index contributed by atoms with van der Waals surface area (Å²) in [6, 6.07) is 1.97. The van der Waals surface area contributed by atoms with Crippen molar-refractivity contribution in [3.8, 4) is 0 Å². The monoisotopic (exact) mass is 256 g/mol. The van der Waals surface area contributed by atoms with E-state index < -0.39 is 0 Å². The van der Waals surface area contributed by atoms with Gasteiger partial charge in [-0.05, 0) is 6.07 Å². The van der Waals surface area contributed by atoms with E-state index in [-0.39, 0.29) is 0 Å². The van der Waals surface area contributed by atoms with Gasteiger partial charge in [0.1, 0.15) is 5.82 Å². The Balaban J connectivity index is 1.69. The van der Waals surface area contributed by atoms with Crippen molar-refractivity contribution in [3.63, 3.8) is 0 Å². The lowest BCUT2D eigenvalue weighted by atomic mass is 10.2. The molecule has 1 saturated heterocycles. The fraction of sp³-hybridized carbons (Fsp3) is 0.308. The van der Waals surface area contributed by atoms with Crippen LogP contribution in [0.3, 0.4) is 0 Å². The molecule has 3 heterocycles. The second-order valence-corrected chi connectivity index (χ2v) is 4.47. The van der Waals surface area contributed by atoms with Crippen LogP contribution in [0.4, 0.5) is 17.2 Å². The van der Waals surface area contributed by atoms with Crippen LogP contribution >= 0.6 is 0 Å². The fourth-order valence-electron chi connectivity index (χ4n) is 2.32. The molecule has 6 nitrogen and oxygen atoms in total. The van der Waals surface area contributed by atoms with Crippen molar-refractivity contribution in [2.24, 2.45) is 0 Å². The Morgan fingerprint density at radius 1 is 0.895 bits per heavy atom. The molecule has 0 atom stereocenters. The highest BCUT2D eigenvalue weighted by atomic mass is 15.3. The summed E-state index contributed by atoms with van der Waals surface area (Å²) < 4.78 is 0. The van der Waals surface area contributed by atoms with Gasteiger partial charge < -0.3 is 15.5 Å². The van der Waals surface area contributed by atoms with Gasteiger partial charge in [0.15, 0.2) is 0 Å². The van der Waals surface area contributed by atoms with Crippen molar-refractivity contribution in [2.45, 2.75) is 0 Å². The van der Waals surface area contributed by atoms with Crippen LogP contribution in [0.5, 0.6) is 0 Å². The van der Waals surface area contributed by atoms with Crippen molar-refractivity contribution in [2.75, 3.05) is 41.7 Å². The quantitative estimate of drug-likeness (QED) is 0.856. The van der Waals surface area contributed by atoms with Crippen LogP contribution in [-0.2, 0) is 0 Å². The van der Waals surface area contributed by atoms with Gasteiger partial charge in [-0.2, -0.15) is 0 Å². The SMILES string of the molecule is Nc1cnccc1N1CCN(c2cnccn2)CC1. The topological polar surface area (TPSA) is 71.2 Å². The predicted molar refractivity (Wildman–Crippen MR) is 75.1 cm³/mol. The van der Waals surface area contributed by atoms with Crippen LogP contribution in [0.2, 0.25) is 0 Å². The first-order valence-corrected chi connectivity index (χ1v) is 6.30. The second kappa shape index (κ2) is 5.09. The van der Waals surface area contributed by atoms with Gasteiger partial charge in [0.2, 0.25) is 0 Å². The van der Waals surface area contributed by atoms with Gasteiger partial charge >= 0.3 is 0 Å². The molecule has 2 N–H and O–H groups in total. The number of pyridine rings is 1. The van der Waals surface area contributed by atoms with Crippen molar-refractivity contribution in [1.29, 1.82) is 0 Å². The average molecular weight is 256 g/mol. The molecule has 0 bridgehead atoms. The lowest BCUT2D eigenvalue weighted by Crippen LogP contribution is -2.47. The first kappa shape index (κ1) is 11.7. The molecular weight excluding hydrogens is 240 g/mol. The minimum absolute atomic E-state index is 0.732. The Kier molecular flexibility index (Phi) is 3.14. The Morgan fingerprint density at radius 3 is 2.32 bits per heavy atom. The van der Waals surface area contributed by atoms with E-state index in [9.17, 15) is 0 Å². The molecule has 1 aliphatic heterocycles. The molecule has 0 aliphatic carbocycles. The summed E-state index contributed by atoms with van der Waals surface area (Å²) in [6.45, 7) is 3.68. The standard InChI is InChI=1S/C13H16N6/c14-11-9-15-2-1-12(11)18-5-7-19(8-6-18)13-10-16-3-4-17-13/h1-4,9-10H,5-8,14H2. The van der Waals surface area contributed by atoms with Gasteiger partial charge in [-0.25, -0.2) is 4.98 Å². The summed E-state index contributed by atoms with van der Waals surface area (Å²) in [5, 5.41) is 0. The van der Waals surface area contributed by atoms with Crippen LogP contribution in [0.25, 0.3) is 0 Å². The first-order chi connectivity index (χ1) is 9.34. The van der Waals surface area contributed by atoms with Crippen molar-refractivity contribution < 1.29 is 0 Å². The molecule has 0 unspecified atom stereocenters. The third-order valence-corrected chi connectivity index (χ3v) is 3.32. The van der Waals surface area contributed by atoms with Crippen molar-refractivity contribution in [3.05, 3.63) is 37.1 Å². The van der Waals surface area contributed by atoms with Gasteiger partial charge in [-0.15, -0.1) is 0 Å². The van der Waals surface area contributed by atoms with Crippen LogP contribution in [0.15, 0.2) is 37.1 Å². The molecular formula is C13H16N6. The van der Waals surface area contributed by atoms with E-state index in [2.05, 4.69) is 24.8 Å². The lowest BCUT2D eigenvalue weighted by molar-refractivity contribution is 0.646. The molecule has 98 valence electrons. The van der Waals surface area contributed by atoms with Gasteiger partial charge in [-0.1, -0.05) is 0 Å². The van der Waals surface area contributed by atoms with Crippen LogP contribution in [0, 0.1) is 0 Å². The minimum Gasteiger partial charge on any atom is -0.396 e. The van der Waals surface area contributed by atoms with Gasteiger partial charge in [0.25, 0.3) is 0 Å². The molecule has 0 saturated carbocycles. The zero-order valence-corrected chi connectivity index (χ0v) is 10.6. The van der Waals surface area contributed by atoms with E-state index in [0.29, 0.717) is 0 Å². The normalized spacial score (nSPS) is 15.6. The highest BCUT2D eigenvalue weighted by Crippen LogP contribution is 2.23. The third-order valence-electron chi connectivity index (χ3n) is 3.32. The predicted octanol–water partition coefficient (Wildman–Crippen LogP) is 0.780. The molecule has 3 rings (SSSR count). The molecule has 19 heavy (non-hydrogen) atoms. The maximum Gasteiger partial charge on any atom is 0.147 e. The number of aromatic nitrogens is 3. The summed E-state index contributed by atoms with van der Waals surface area (Å²) in [5.74, 6) is 0.935. The summed E-state index contributed by atoms with van der Waals surface area (Å²) in [5.41, 5.74) is 7.75. The first-order valence-electron chi connectivity index (χ1n) is 6.30. The zero-order valence-electron chi connectivity index (χ0n) is 10.6. The largest absolute Gasteiger partial charge is 0.396 e. The van der Waals surface area contributed by atoms with E-state index in [1.165, 1.54) is 0 Å². The molecule has 0 spiro atoms. The molecule has 1 aliphatic rings. The molecule has 2 aromatic heterocycles. The van der Waals surface area contributed by atoms with E-state index in [4.69, 9.17) is 5.73 Å². The average Bonchev–Trinajstić information content (AvgIpc) is 2.49. The molecule has 6 heteroatoms. The Hall–Kier alpha value is -2.37. The minimum atomic E-state index is 0.732. The molecule has 0 aromatic carbocycles. The van der Waals surface area contributed by atoms with Crippen molar-refractivity contribution >= 4 is 17.2 Å². The van der Waals surface area contributed by atoms with Gasteiger partial charge in [-0.3, -0.25) is 9.97 Å². The van der Waals surface area contributed by atoms with Crippen molar-refractivity contribution in [1.82, 2.24) is 15.0 Å². The number of nitrogens with two attached hydrogens (primary N) is 1. The maximum atomic E-state index is 5.96. The summed E-state index contributed by atoms with van der Waals surface area (Å²) in [7, 11) is 0. The highest BCUT2D eigenvalue weighted by molar-refractivity contribution is 5.66. The van der Waals surface area contributed by atoms with E-state index >= 15 is 0 Å². The number of anilines is 3. The summed E-state index contributed by atoms with van der Waals surface area (Å²) in [4.78, 5) is 17.0. The molecule has 2 aromatic rings. The lowest BCUT2D eigenvalue weighted by Gasteiger charge is -2.36. The van der Waals surface area contributed by atoms with Crippen LogP contribution < -0.4 is 15.5 Å². The summed E-state index contributed by atoms with van der Waals surface area (Å²) in [6.07, 6.45) is 8.70. The number of piperazine rings is 1. The fourth-order valence-corrected chi connectivity index (χ4v) is 2.32. The Labute approximate surface area is 111 Å². The molecule has 0 radical (unpaired) electrons. The number of hydrogen-bond donors (Lipinski definition) is 1. The van der Waals surface area contributed by atoms with Crippen LogP contribution in [0.1, 0.15) is 0 Å². The van der Waals surface area contributed by atoms with Gasteiger partial charge in [0, 0.05) is 44.8 Å².